The van der Waals surface area contributed by atoms with Crippen molar-refractivity contribution in [2.24, 2.45) is 0 Å². The van der Waals surface area contributed by atoms with E-state index in [4.69, 9.17) is 9.47 Å². The molecule has 1 aliphatic heterocycles. The number of ether oxygens (including phenoxy) is 2. The van der Waals surface area contributed by atoms with Crippen LogP contribution in [-0.4, -0.2) is 41.4 Å². The van der Waals surface area contributed by atoms with Crippen LogP contribution in [0.15, 0.2) is 24.3 Å². The summed E-state index contributed by atoms with van der Waals surface area (Å²) in [7, 11) is 0. The Morgan fingerprint density at radius 3 is 2.71 bits per heavy atom. The van der Waals surface area contributed by atoms with Gasteiger partial charge in [-0.25, -0.2) is 0 Å². The highest BCUT2D eigenvalue weighted by Crippen LogP contribution is 2.32. The van der Waals surface area contributed by atoms with Gasteiger partial charge in [0.05, 0.1) is 0 Å². The molecule has 1 atom stereocenters. The van der Waals surface area contributed by atoms with E-state index in [1.807, 2.05) is 29.2 Å². The van der Waals surface area contributed by atoms with E-state index >= 15 is 0 Å². The van der Waals surface area contributed by atoms with Crippen molar-refractivity contribution in [1.29, 1.82) is 0 Å². The average molecular weight is 354 g/mol. The Morgan fingerprint density at radius 1 is 1.29 bits per heavy atom. The van der Waals surface area contributed by atoms with Gasteiger partial charge in [0.25, 0.3) is 5.91 Å². The summed E-state index contributed by atoms with van der Waals surface area (Å²) in [6, 6.07) is 7.90. The molecule has 3 rings (SSSR count). The van der Waals surface area contributed by atoms with Gasteiger partial charge < -0.3 is 14.4 Å². The van der Waals surface area contributed by atoms with Gasteiger partial charge in [-0.15, -0.1) is 0 Å². The number of nitrogens with zero attached hydrogens (tertiary/aromatic N) is 1. The highest BCUT2D eigenvalue weighted by atomic mass is 79.9. The van der Waals surface area contributed by atoms with Gasteiger partial charge in [-0.3, -0.25) is 4.79 Å². The van der Waals surface area contributed by atoms with Crippen LogP contribution in [0.2, 0.25) is 0 Å². The largest absolute Gasteiger partial charge is 0.485 e. The lowest BCUT2D eigenvalue weighted by atomic mass is 9.91. The molecule has 21 heavy (non-hydrogen) atoms. The number of para-hydroxylation sites is 2. The monoisotopic (exact) mass is 353 g/mol. The van der Waals surface area contributed by atoms with E-state index in [1.165, 1.54) is 6.42 Å². The van der Waals surface area contributed by atoms with Crippen LogP contribution in [0.1, 0.15) is 25.7 Å². The summed E-state index contributed by atoms with van der Waals surface area (Å²) in [5, 5.41) is 0.911. The normalized spacial score (nSPS) is 20.7. The predicted molar refractivity (Wildman–Crippen MR) is 84.1 cm³/mol. The molecule has 0 bridgehead atoms. The number of rotatable bonds is 5. The zero-order chi connectivity index (χ0) is 14.7. The Morgan fingerprint density at radius 2 is 2.05 bits per heavy atom. The third-order valence-corrected chi connectivity index (χ3v) is 4.68. The zero-order valence-electron chi connectivity index (χ0n) is 12.0. The molecule has 5 heteroatoms. The minimum absolute atomic E-state index is 0.0650. The van der Waals surface area contributed by atoms with Crippen molar-refractivity contribution in [3.05, 3.63) is 24.3 Å². The molecule has 1 fully saturated rings. The van der Waals surface area contributed by atoms with E-state index in [0.29, 0.717) is 18.4 Å². The van der Waals surface area contributed by atoms with Gasteiger partial charge in [-0.2, -0.15) is 0 Å². The van der Waals surface area contributed by atoms with Crippen LogP contribution in [0.25, 0.3) is 0 Å². The second kappa shape index (κ2) is 6.69. The van der Waals surface area contributed by atoms with E-state index in [9.17, 15) is 4.79 Å². The number of hydrogen-bond acceptors (Lipinski definition) is 3. The maximum atomic E-state index is 12.8. The van der Waals surface area contributed by atoms with Crippen molar-refractivity contribution in [2.45, 2.75) is 37.8 Å². The van der Waals surface area contributed by atoms with Crippen molar-refractivity contribution >= 4 is 21.8 Å². The molecule has 0 spiro atoms. The molecule has 0 saturated heterocycles. The molecule has 0 N–H and O–H groups in total. The van der Waals surface area contributed by atoms with Crippen LogP contribution < -0.4 is 9.47 Å². The standard InChI is InChI=1S/C16H20BrNO3/c17-9-4-10-18(12-5-3-6-12)16(19)15-11-20-13-7-1-2-8-14(13)21-15/h1-2,7-8,12,15H,3-6,9-11H2. The fraction of sp³-hybridized carbons (Fsp3) is 0.562. The number of alkyl halides is 1. The van der Waals surface area contributed by atoms with E-state index < -0.39 is 6.10 Å². The minimum atomic E-state index is -0.518. The van der Waals surface area contributed by atoms with E-state index in [0.717, 1.165) is 36.9 Å². The summed E-state index contributed by atoms with van der Waals surface area (Å²) in [6.45, 7) is 1.09. The number of carbonyl (C=O) groups excluding carboxylic acids is 1. The molecule has 2 aliphatic rings. The van der Waals surface area contributed by atoms with Gasteiger partial charge in [-0.05, 0) is 37.8 Å². The van der Waals surface area contributed by atoms with Crippen molar-refractivity contribution in [1.82, 2.24) is 4.90 Å². The minimum Gasteiger partial charge on any atom is -0.485 e. The molecule has 1 aromatic carbocycles. The summed E-state index contributed by atoms with van der Waals surface area (Å²) >= 11 is 3.44. The van der Waals surface area contributed by atoms with Gasteiger partial charge in [-0.1, -0.05) is 28.1 Å². The second-order valence-electron chi connectivity index (χ2n) is 5.52. The first-order valence-corrected chi connectivity index (χ1v) is 8.66. The molecule has 1 amide bonds. The molecule has 1 aliphatic carbocycles. The van der Waals surface area contributed by atoms with Crippen molar-refractivity contribution in [3.8, 4) is 11.5 Å². The van der Waals surface area contributed by atoms with Crippen LogP contribution in [0.3, 0.4) is 0 Å². The molecule has 1 aromatic rings. The van der Waals surface area contributed by atoms with Crippen LogP contribution in [-0.2, 0) is 4.79 Å². The van der Waals surface area contributed by atoms with Gasteiger partial charge in [0.15, 0.2) is 11.5 Å². The highest BCUT2D eigenvalue weighted by Gasteiger charge is 2.35. The Balaban J connectivity index is 1.68. The number of amides is 1. The lowest BCUT2D eigenvalue weighted by Gasteiger charge is -2.40. The molecule has 1 saturated carbocycles. The molecule has 1 unspecified atom stereocenters. The molecule has 4 nitrogen and oxygen atoms in total. The highest BCUT2D eigenvalue weighted by molar-refractivity contribution is 9.09. The molecule has 0 aromatic heterocycles. The fourth-order valence-electron chi connectivity index (χ4n) is 2.73. The Hall–Kier alpha value is -1.23. The van der Waals surface area contributed by atoms with Crippen molar-refractivity contribution in [3.63, 3.8) is 0 Å². The first-order chi connectivity index (χ1) is 10.3. The number of benzene rings is 1. The third kappa shape index (κ3) is 3.18. The van der Waals surface area contributed by atoms with Gasteiger partial charge in [0, 0.05) is 17.9 Å². The number of halogens is 1. The molecule has 114 valence electrons. The van der Waals surface area contributed by atoms with Crippen LogP contribution >= 0.6 is 15.9 Å². The van der Waals surface area contributed by atoms with E-state index in [1.54, 1.807) is 0 Å². The quantitative estimate of drug-likeness (QED) is 0.763. The molecular weight excluding hydrogens is 334 g/mol. The van der Waals surface area contributed by atoms with Crippen molar-refractivity contribution in [2.75, 3.05) is 18.5 Å². The second-order valence-corrected chi connectivity index (χ2v) is 6.32. The van der Waals surface area contributed by atoms with Crippen molar-refractivity contribution < 1.29 is 14.3 Å². The summed E-state index contributed by atoms with van der Waals surface area (Å²) in [5.41, 5.74) is 0. The van der Waals surface area contributed by atoms with Gasteiger partial charge >= 0.3 is 0 Å². The molecule has 1 heterocycles. The number of fused-ring (bicyclic) bond motifs is 1. The average Bonchev–Trinajstić information content (AvgIpc) is 2.48. The number of hydrogen-bond donors (Lipinski definition) is 0. The Labute approximate surface area is 133 Å². The SMILES string of the molecule is O=C(C1COc2ccccc2O1)N(CCCBr)C1CCC1. The van der Waals surface area contributed by atoms with E-state index in [2.05, 4.69) is 15.9 Å². The summed E-state index contributed by atoms with van der Waals surface area (Å²) in [5.74, 6) is 1.45. The Kier molecular flexibility index (Phi) is 4.68. The van der Waals surface area contributed by atoms with E-state index in [-0.39, 0.29) is 5.91 Å². The van der Waals surface area contributed by atoms with Crippen LogP contribution in [0.5, 0.6) is 11.5 Å². The van der Waals surface area contributed by atoms with Crippen LogP contribution in [0.4, 0.5) is 0 Å². The van der Waals surface area contributed by atoms with Gasteiger partial charge in [0.1, 0.15) is 6.61 Å². The Bertz CT molecular complexity index is 504. The van der Waals surface area contributed by atoms with Gasteiger partial charge in [0.2, 0.25) is 6.10 Å². The summed E-state index contributed by atoms with van der Waals surface area (Å²) < 4.78 is 11.5. The fourth-order valence-corrected chi connectivity index (χ4v) is 2.98. The third-order valence-electron chi connectivity index (χ3n) is 4.12. The maximum Gasteiger partial charge on any atom is 0.267 e. The maximum absolute atomic E-state index is 12.8. The summed E-state index contributed by atoms with van der Waals surface area (Å²) in [6.07, 6.45) is 3.88. The number of carbonyl (C=O) groups is 1. The molecule has 0 radical (unpaired) electrons. The lowest BCUT2D eigenvalue weighted by molar-refractivity contribution is -0.145. The smallest absolute Gasteiger partial charge is 0.267 e. The molecular formula is C16H20BrNO3. The first kappa shape index (κ1) is 14.7. The van der Waals surface area contributed by atoms with Crippen LogP contribution in [0, 0.1) is 0 Å². The topological polar surface area (TPSA) is 38.8 Å². The summed E-state index contributed by atoms with van der Waals surface area (Å²) in [4.78, 5) is 14.7. The lowest BCUT2D eigenvalue weighted by Crippen LogP contribution is -2.52. The predicted octanol–water partition coefficient (Wildman–Crippen LogP) is 2.99. The first-order valence-electron chi connectivity index (χ1n) is 7.54. The zero-order valence-corrected chi connectivity index (χ0v) is 13.5.